The molecule has 1 saturated heterocycles. The van der Waals surface area contributed by atoms with Crippen molar-refractivity contribution in [3.8, 4) is 0 Å². The van der Waals surface area contributed by atoms with Crippen LogP contribution < -0.4 is 9.62 Å². The van der Waals surface area contributed by atoms with E-state index in [9.17, 15) is 8.42 Å². The number of fused-ring (bicyclic) bond motifs is 1. The van der Waals surface area contributed by atoms with E-state index in [1.165, 1.54) is 0 Å². The van der Waals surface area contributed by atoms with Gasteiger partial charge in [-0.3, -0.25) is 0 Å². The van der Waals surface area contributed by atoms with Crippen LogP contribution in [0, 0.1) is 0 Å². The molecule has 1 aromatic carbocycles. The lowest BCUT2D eigenvalue weighted by atomic mass is 10.2. The Morgan fingerprint density at radius 2 is 1.93 bits per heavy atom. The van der Waals surface area contributed by atoms with Crippen molar-refractivity contribution in [2.24, 2.45) is 0 Å². The summed E-state index contributed by atoms with van der Waals surface area (Å²) in [5, 5.41) is 4.60. The minimum atomic E-state index is -3.59. The molecule has 0 atom stereocenters. The number of morpholine rings is 1. The molecular weight excluding hydrogens is 368 g/mol. The van der Waals surface area contributed by atoms with Crippen molar-refractivity contribution in [1.29, 1.82) is 0 Å². The fraction of sp³-hybridized carbons (Fsp3) is 0.333. The van der Waals surface area contributed by atoms with E-state index < -0.39 is 10.0 Å². The summed E-state index contributed by atoms with van der Waals surface area (Å²) in [6.07, 6.45) is 1.71. The Labute approximate surface area is 157 Å². The number of sulfonamides is 1. The topological polar surface area (TPSA) is 97.6 Å². The third-order valence-corrected chi connectivity index (χ3v) is 5.68. The lowest BCUT2D eigenvalue weighted by molar-refractivity contribution is 0.122. The van der Waals surface area contributed by atoms with Gasteiger partial charge in [-0.15, -0.1) is 0 Å². The van der Waals surface area contributed by atoms with E-state index in [1.54, 1.807) is 24.4 Å². The van der Waals surface area contributed by atoms with Crippen LogP contribution in [0.5, 0.6) is 0 Å². The maximum atomic E-state index is 12.6. The van der Waals surface area contributed by atoms with Gasteiger partial charge in [-0.05, 0) is 18.2 Å². The van der Waals surface area contributed by atoms with Gasteiger partial charge in [0.1, 0.15) is 17.3 Å². The number of nitrogens with zero attached hydrogens (tertiary/aromatic N) is 3. The normalized spacial score (nSPS) is 15.3. The standard InChI is InChI=1S/C18H20N4O4S/c23-27(24,13-16-15-5-1-2-6-17(15)26-21-16)20-12-14-4-3-7-19-18(14)22-8-10-25-11-9-22/h1-7,20H,8-13H2. The second-order valence-corrected chi connectivity index (χ2v) is 8.10. The van der Waals surface area contributed by atoms with Gasteiger partial charge in [0.2, 0.25) is 10.0 Å². The SMILES string of the molecule is O=S(=O)(Cc1noc2ccccc12)NCc1cccnc1N1CCOCC1. The summed E-state index contributed by atoms with van der Waals surface area (Å²) >= 11 is 0. The highest BCUT2D eigenvalue weighted by Crippen LogP contribution is 2.21. The molecule has 1 aliphatic heterocycles. The summed E-state index contributed by atoms with van der Waals surface area (Å²) in [4.78, 5) is 6.54. The van der Waals surface area contributed by atoms with Gasteiger partial charge in [-0.1, -0.05) is 23.4 Å². The molecule has 8 nitrogen and oxygen atoms in total. The molecule has 1 N–H and O–H groups in total. The van der Waals surface area contributed by atoms with Crippen LogP contribution in [0.15, 0.2) is 47.1 Å². The Balaban J connectivity index is 1.48. The Bertz CT molecular complexity index is 1030. The molecule has 0 aliphatic carbocycles. The molecule has 27 heavy (non-hydrogen) atoms. The first-order chi connectivity index (χ1) is 13.1. The lowest BCUT2D eigenvalue weighted by Crippen LogP contribution is -2.38. The first kappa shape index (κ1) is 17.9. The number of pyridine rings is 1. The van der Waals surface area contributed by atoms with Crippen LogP contribution in [0.25, 0.3) is 11.0 Å². The van der Waals surface area contributed by atoms with Gasteiger partial charge in [-0.2, -0.15) is 0 Å². The molecule has 1 fully saturated rings. The van der Waals surface area contributed by atoms with Crippen LogP contribution in [0.1, 0.15) is 11.3 Å². The van der Waals surface area contributed by atoms with Crippen LogP contribution in [0.4, 0.5) is 5.82 Å². The van der Waals surface area contributed by atoms with Crippen molar-refractivity contribution >= 4 is 26.8 Å². The fourth-order valence-corrected chi connectivity index (χ4v) is 4.13. The molecule has 3 aromatic rings. The summed E-state index contributed by atoms with van der Waals surface area (Å²) < 4.78 is 38.3. The lowest BCUT2D eigenvalue weighted by Gasteiger charge is -2.29. The highest BCUT2D eigenvalue weighted by molar-refractivity contribution is 7.88. The Kier molecular flexibility index (Phi) is 5.06. The number of ether oxygens (including phenoxy) is 1. The Hall–Kier alpha value is -2.49. The largest absolute Gasteiger partial charge is 0.378 e. The smallest absolute Gasteiger partial charge is 0.217 e. The predicted molar refractivity (Wildman–Crippen MR) is 101 cm³/mol. The summed E-state index contributed by atoms with van der Waals surface area (Å²) in [5.41, 5.74) is 1.80. The predicted octanol–water partition coefficient (Wildman–Crippen LogP) is 1.68. The molecule has 0 spiro atoms. The van der Waals surface area contributed by atoms with Crippen LogP contribution >= 0.6 is 0 Å². The van der Waals surface area contributed by atoms with Gasteiger partial charge in [0.15, 0.2) is 5.58 Å². The van der Waals surface area contributed by atoms with Gasteiger partial charge in [-0.25, -0.2) is 18.1 Å². The molecule has 4 rings (SSSR count). The Morgan fingerprint density at radius 1 is 1.11 bits per heavy atom. The number of para-hydroxylation sites is 1. The van der Waals surface area contributed by atoms with E-state index in [2.05, 4.69) is 19.8 Å². The number of hydrogen-bond donors (Lipinski definition) is 1. The molecule has 2 aromatic heterocycles. The van der Waals surface area contributed by atoms with E-state index in [-0.39, 0.29) is 12.3 Å². The summed E-state index contributed by atoms with van der Waals surface area (Å²) in [6, 6.07) is 10.9. The third-order valence-electron chi connectivity index (χ3n) is 4.44. The Morgan fingerprint density at radius 3 is 2.78 bits per heavy atom. The number of benzene rings is 1. The van der Waals surface area contributed by atoms with Gasteiger partial charge in [0.05, 0.1) is 13.2 Å². The molecule has 142 valence electrons. The second kappa shape index (κ2) is 7.63. The number of hydrogen-bond acceptors (Lipinski definition) is 7. The monoisotopic (exact) mass is 388 g/mol. The maximum absolute atomic E-state index is 12.6. The number of anilines is 1. The van der Waals surface area contributed by atoms with Gasteiger partial charge in [0, 0.05) is 36.8 Å². The van der Waals surface area contributed by atoms with Crippen molar-refractivity contribution in [3.63, 3.8) is 0 Å². The summed E-state index contributed by atoms with van der Waals surface area (Å²) in [5.74, 6) is 0.548. The van der Waals surface area contributed by atoms with Gasteiger partial charge in [0.25, 0.3) is 0 Å². The van der Waals surface area contributed by atoms with Crippen molar-refractivity contribution < 1.29 is 17.7 Å². The molecule has 0 unspecified atom stereocenters. The molecule has 0 radical (unpaired) electrons. The number of rotatable bonds is 6. The molecule has 1 aliphatic rings. The van der Waals surface area contributed by atoms with Gasteiger partial charge >= 0.3 is 0 Å². The molecule has 0 saturated carbocycles. The zero-order valence-corrected chi connectivity index (χ0v) is 15.5. The van der Waals surface area contributed by atoms with E-state index >= 15 is 0 Å². The number of nitrogens with one attached hydrogen (secondary N) is 1. The van der Waals surface area contributed by atoms with Crippen molar-refractivity contribution in [3.05, 3.63) is 53.9 Å². The molecule has 0 amide bonds. The average Bonchev–Trinajstić information content (AvgIpc) is 3.10. The molecule has 9 heteroatoms. The number of aromatic nitrogens is 2. The first-order valence-electron chi connectivity index (χ1n) is 8.70. The zero-order chi connectivity index (χ0) is 18.7. The zero-order valence-electron chi connectivity index (χ0n) is 14.7. The highest BCUT2D eigenvalue weighted by Gasteiger charge is 2.20. The van der Waals surface area contributed by atoms with E-state index in [1.807, 2.05) is 18.2 Å². The average molecular weight is 388 g/mol. The fourth-order valence-electron chi connectivity index (χ4n) is 3.09. The van der Waals surface area contributed by atoms with Crippen LogP contribution in [-0.2, 0) is 27.1 Å². The summed E-state index contributed by atoms with van der Waals surface area (Å²) in [6.45, 7) is 2.92. The van der Waals surface area contributed by atoms with Gasteiger partial charge < -0.3 is 14.2 Å². The molecule has 3 heterocycles. The quantitative estimate of drug-likeness (QED) is 0.686. The van der Waals surface area contributed by atoms with Crippen molar-refractivity contribution in [2.45, 2.75) is 12.3 Å². The van der Waals surface area contributed by atoms with Crippen molar-refractivity contribution in [1.82, 2.24) is 14.9 Å². The summed E-state index contributed by atoms with van der Waals surface area (Å²) in [7, 11) is -3.59. The third kappa shape index (κ3) is 4.10. The van der Waals surface area contributed by atoms with E-state index in [4.69, 9.17) is 9.26 Å². The molecule has 0 bridgehead atoms. The maximum Gasteiger partial charge on any atom is 0.217 e. The first-order valence-corrected chi connectivity index (χ1v) is 10.3. The van der Waals surface area contributed by atoms with Crippen LogP contribution in [-0.4, -0.2) is 44.9 Å². The van der Waals surface area contributed by atoms with Crippen molar-refractivity contribution in [2.75, 3.05) is 31.2 Å². The minimum absolute atomic E-state index is 0.165. The van der Waals surface area contributed by atoms with E-state index in [0.29, 0.717) is 29.9 Å². The minimum Gasteiger partial charge on any atom is -0.378 e. The van der Waals surface area contributed by atoms with Crippen LogP contribution in [0.2, 0.25) is 0 Å². The van der Waals surface area contributed by atoms with Crippen LogP contribution in [0.3, 0.4) is 0 Å². The second-order valence-electron chi connectivity index (χ2n) is 6.29. The highest BCUT2D eigenvalue weighted by atomic mass is 32.2. The molecular formula is C18H20N4O4S. The van der Waals surface area contributed by atoms with E-state index in [0.717, 1.165) is 24.5 Å².